The number of para-hydroxylation sites is 1. The lowest BCUT2D eigenvalue weighted by atomic mass is 10.1. The number of morpholine rings is 1. The zero-order valence-electron chi connectivity index (χ0n) is 14.1. The Labute approximate surface area is 142 Å². The van der Waals surface area contributed by atoms with E-state index in [1.165, 1.54) is 0 Å². The molecule has 1 N–H and O–H groups in total. The van der Waals surface area contributed by atoms with Crippen LogP contribution in [0.3, 0.4) is 0 Å². The van der Waals surface area contributed by atoms with Gasteiger partial charge in [0.15, 0.2) is 0 Å². The lowest BCUT2D eigenvalue weighted by molar-refractivity contribution is -0.116. The van der Waals surface area contributed by atoms with E-state index in [0.29, 0.717) is 0 Å². The number of rotatable bonds is 6. The Bertz CT molecular complexity index is 677. The van der Waals surface area contributed by atoms with Crippen LogP contribution in [0.5, 0.6) is 0 Å². The van der Waals surface area contributed by atoms with Crippen LogP contribution >= 0.6 is 0 Å². The van der Waals surface area contributed by atoms with Crippen molar-refractivity contribution in [2.75, 3.05) is 31.6 Å². The number of anilines is 1. The molecule has 6 nitrogen and oxygen atoms in total. The Morgan fingerprint density at radius 2 is 2.08 bits per heavy atom. The monoisotopic (exact) mass is 328 g/mol. The summed E-state index contributed by atoms with van der Waals surface area (Å²) in [7, 11) is 0. The van der Waals surface area contributed by atoms with E-state index in [9.17, 15) is 4.79 Å². The summed E-state index contributed by atoms with van der Waals surface area (Å²) in [5.74, 6) is 0.882. The topological polar surface area (TPSA) is 59.4 Å². The first kappa shape index (κ1) is 16.7. The highest BCUT2D eigenvalue weighted by molar-refractivity contribution is 5.91. The van der Waals surface area contributed by atoms with Gasteiger partial charge >= 0.3 is 0 Å². The summed E-state index contributed by atoms with van der Waals surface area (Å²) in [6.45, 7) is 6.43. The molecule has 1 aromatic carbocycles. The number of aromatic nitrogens is 2. The van der Waals surface area contributed by atoms with E-state index in [1.54, 1.807) is 6.20 Å². The molecule has 0 unspecified atom stereocenters. The van der Waals surface area contributed by atoms with E-state index in [2.05, 4.69) is 22.1 Å². The third kappa shape index (κ3) is 4.21. The maximum Gasteiger partial charge on any atom is 0.244 e. The van der Waals surface area contributed by atoms with Crippen LogP contribution in [0.2, 0.25) is 0 Å². The van der Waals surface area contributed by atoms with Crippen LogP contribution in [0, 0.1) is 0 Å². The van der Waals surface area contributed by atoms with Crippen molar-refractivity contribution < 1.29 is 9.53 Å². The highest BCUT2D eigenvalue weighted by Crippen LogP contribution is 2.15. The van der Waals surface area contributed by atoms with Crippen molar-refractivity contribution in [1.82, 2.24) is 14.5 Å². The minimum Gasteiger partial charge on any atom is -0.379 e. The molecular weight excluding hydrogens is 304 g/mol. The molecular formula is C18H24N4O2. The molecule has 6 heteroatoms. The van der Waals surface area contributed by atoms with Crippen molar-refractivity contribution >= 4 is 11.6 Å². The summed E-state index contributed by atoms with van der Waals surface area (Å²) in [5, 5.41) is 3.01. The molecule has 0 radical (unpaired) electrons. The van der Waals surface area contributed by atoms with Crippen molar-refractivity contribution in [2.45, 2.75) is 26.4 Å². The largest absolute Gasteiger partial charge is 0.379 e. The van der Waals surface area contributed by atoms with Crippen molar-refractivity contribution in [2.24, 2.45) is 0 Å². The number of carbonyl (C=O) groups excluding carboxylic acids is 1. The molecule has 1 fully saturated rings. The lowest BCUT2D eigenvalue weighted by Crippen LogP contribution is -2.36. The van der Waals surface area contributed by atoms with Crippen molar-refractivity contribution in [3.63, 3.8) is 0 Å². The van der Waals surface area contributed by atoms with Gasteiger partial charge < -0.3 is 14.6 Å². The quantitative estimate of drug-likeness (QED) is 0.880. The maximum absolute atomic E-state index is 12.4. The Kier molecular flexibility index (Phi) is 5.61. The molecule has 24 heavy (non-hydrogen) atoms. The molecule has 1 aliphatic heterocycles. The van der Waals surface area contributed by atoms with Gasteiger partial charge in [0.2, 0.25) is 5.91 Å². The number of hydrogen-bond acceptors (Lipinski definition) is 4. The van der Waals surface area contributed by atoms with Crippen LogP contribution in [0.1, 0.15) is 18.3 Å². The van der Waals surface area contributed by atoms with Gasteiger partial charge in [0.05, 0.1) is 19.8 Å². The zero-order chi connectivity index (χ0) is 16.8. The minimum absolute atomic E-state index is 0.0304. The van der Waals surface area contributed by atoms with Gasteiger partial charge in [0, 0.05) is 31.2 Å². The molecule has 1 aromatic heterocycles. The standard InChI is InChI=1S/C18H24N4O2/c1-2-15-5-3-4-6-16(15)20-18(23)14-22-8-7-19-17(22)13-21-9-11-24-12-10-21/h3-8H,2,9-14H2,1H3,(H,20,23). The van der Waals surface area contributed by atoms with Crippen LogP contribution in [0.25, 0.3) is 0 Å². The Hall–Kier alpha value is -2.18. The second-order valence-electron chi connectivity index (χ2n) is 5.92. The van der Waals surface area contributed by atoms with Crippen LogP contribution in [0.15, 0.2) is 36.7 Å². The van der Waals surface area contributed by atoms with Crippen LogP contribution in [-0.2, 0) is 29.0 Å². The third-order valence-corrected chi connectivity index (χ3v) is 4.26. The number of aryl methyl sites for hydroxylation is 1. The Balaban J connectivity index is 1.61. The number of imidazole rings is 1. The minimum atomic E-state index is -0.0304. The summed E-state index contributed by atoms with van der Waals surface area (Å²) >= 11 is 0. The summed E-state index contributed by atoms with van der Waals surface area (Å²) in [4.78, 5) is 19.1. The van der Waals surface area contributed by atoms with E-state index >= 15 is 0 Å². The normalized spacial score (nSPS) is 15.4. The van der Waals surface area contributed by atoms with Gasteiger partial charge in [-0.1, -0.05) is 25.1 Å². The fraction of sp³-hybridized carbons (Fsp3) is 0.444. The fourth-order valence-electron chi connectivity index (χ4n) is 2.89. The first-order valence-corrected chi connectivity index (χ1v) is 8.44. The molecule has 3 rings (SSSR count). The summed E-state index contributed by atoms with van der Waals surface area (Å²) in [6, 6.07) is 7.91. The van der Waals surface area contributed by atoms with Gasteiger partial charge in [-0.15, -0.1) is 0 Å². The number of nitrogens with zero attached hydrogens (tertiary/aromatic N) is 3. The number of ether oxygens (including phenoxy) is 1. The average molecular weight is 328 g/mol. The molecule has 1 aliphatic rings. The van der Waals surface area contributed by atoms with Crippen molar-refractivity contribution in [3.05, 3.63) is 48.0 Å². The molecule has 128 valence electrons. The van der Waals surface area contributed by atoms with Crippen molar-refractivity contribution in [1.29, 1.82) is 0 Å². The van der Waals surface area contributed by atoms with Gasteiger partial charge in [-0.2, -0.15) is 0 Å². The highest BCUT2D eigenvalue weighted by Gasteiger charge is 2.15. The summed E-state index contributed by atoms with van der Waals surface area (Å²) < 4.78 is 7.28. The van der Waals surface area contributed by atoms with Gasteiger partial charge in [-0.25, -0.2) is 4.98 Å². The van der Waals surface area contributed by atoms with E-state index < -0.39 is 0 Å². The Morgan fingerprint density at radius 3 is 2.88 bits per heavy atom. The first-order chi connectivity index (χ1) is 11.8. The second kappa shape index (κ2) is 8.08. The van der Waals surface area contributed by atoms with Gasteiger partial charge in [-0.05, 0) is 18.1 Å². The summed E-state index contributed by atoms with van der Waals surface area (Å²) in [6.07, 6.45) is 4.51. The predicted molar refractivity (Wildman–Crippen MR) is 92.8 cm³/mol. The third-order valence-electron chi connectivity index (χ3n) is 4.26. The fourth-order valence-corrected chi connectivity index (χ4v) is 2.89. The van der Waals surface area contributed by atoms with Gasteiger partial charge in [0.25, 0.3) is 0 Å². The van der Waals surface area contributed by atoms with Crippen LogP contribution < -0.4 is 5.32 Å². The van der Waals surface area contributed by atoms with Crippen molar-refractivity contribution in [3.8, 4) is 0 Å². The molecule has 0 aliphatic carbocycles. The smallest absolute Gasteiger partial charge is 0.244 e. The van der Waals surface area contributed by atoms with Crippen LogP contribution in [0.4, 0.5) is 5.69 Å². The lowest BCUT2D eigenvalue weighted by Gasteiger charge is -2.26. The number of amides is 1. The number of carbonyl (C=O) groups is 1. The van der Waals surface area contributed by atoms with Gasteiger partial charge in [0.1, 0.15) is 12.4 Å². The molecule has 0 spiro atoms. The molecule has 1 amide bonds. The number of hydrogen-bond donors (Lipinski definition) is 1. The van der Waals surface area contributed by atoms with Gasteiger partial charge in [-0.3, -0.25) is 9.69 Å². The molecule has 2 aromatic rings. The van der Waals surface area contributed by atoms with E-state index in [4.69, 9.17) is 4.74 Å². The van der Waals surface area contributed by atoms with Crippen LogP contribution in [-0.4, -0.2) is 46.7 Å². The number of benzene rings is 1. The van der Waals surface area contributed by atoms with E-state index in [0.717, 1.165) is 56.3 Å². The molecule has 2 heterocycles. The molecule has 0 saturated carbocycles. The summed E-state index contributed by atoms with van der Waals surface area (Å²) in [5.41, 5.74) is 2.03. The first-order valence-electron chi connectivity index (χ1n) is 8.44. The van der Waals surface area contributed by atoms with E-state index in [-0.39, 0.29) is 12.5 Å². The molecule has 0 atom stereocenters. The Morgan fingerprint density at radius 1 is 1.29 bits per heavy atom. The molecule has 1 saturated heterocycles. The SMILES string of the molecule is CCc1ccccc1NC(=O)Cn1ccnc1CN1CCOCC1. The highest BCUT2D eigenvalue weighted by atomic mass is 16.5. The predicted octanol–water partition coefficient (Wildman–Crippen LogP) is 1.92. The zero-order valence-corrected chi connectivity index (χ0v) is 14.1. The maximum atomic E-state index is 12.4. The van der Waals surface area contributed by atoms with E-state index in [1.807, 2.05) is 35.0 Å². The average Bonchev–Trinajstić information content (AvgIpc) is 3.03. The number of nitrogens with one attached hydrogen (secondary N) is 1. The second-order valence-corrected chi connectivity index (χ2v) is 5.92. The molecule has 0 bridgehead atoms.